The van der Waals surface area contributed by atoms with Crippen molar-refractivity contribution in [3.63, 3.8) is 0 Å². The van der Waals surface area contributed by atoms with E-state index >= 15 is 0 Å². The molecule has 0 bridgehead atoms. The Morgan fingerprint density at radius 2 is 2.50 bits per heavy atom. The molecule has 0 aromatic rings. The van der Waals surface area contributed by atoms with Crippen molar-refractivity contribution in [2.45, 2.75) is 12.5 Å². The predicted octanol–water partition coefficient (Wildman–Crippen LogP) is 0.374. The van der Waals surface area contributed by atoms with Crippen LogP contribution in [0.15, 0.2) is 0 Å². The van der Waals surface area contributed by atoms with Gasteiger partial charge in [0.05, 0.1) is 0 Å². The minimum atomic E-state index is -0.0364. The maximum atomic E-state index is 10.5. The Morgan fingerprint density at radius 1 is 1.80 bits per heavy atom. The number of likely N-dealkylation sites (tertiary alicyclic amines) is 1. The van der Waals surface area contributed by atoms with Gasteiger partial charge in [-0.1, -0.05) is 0 Å². The number of rotatable bonds is 1. The molecule has 1 heterocycles. The third-order valence-electron chi connectivity index (χ3n) is 1.63. The fraction of sp³-hybridized carbons (Fsp3) is 0.833. The quantitative estimate of drug-likeness (QED) is 0.635. The second-order valence-corrected chi connectivity index (χ2v) is 3.77. The van der Waals surface area contributed by atoms with Crippen molar-refractivity contribution in [3.05, 3.63) is 0 Å². The summed E-state index contributed by atoms with van der Waals surface area (Å²) in [6.45, 7) is 1.96. The van der Waals surface area contributed by atoms with Crippen molar-refractivity contribution < 1.29 is 40.5 Å². The van der Waals surface area contributed by atoms with Gasteiger partial charge in [0, 0.05) is 0 Å². The third-order valence-corrected chi connectivity index (χ3v) is 1.97. The normalized spacial score (nSPS) is 26.6. The molecule has 0 amide bonds. The molecule has 0 N–H and O–H groups in total. The Morgan fingerprint density at radius 3 is 2.90 bits per heavy atom. The number of likely N-dealkylation sites (N-methyl/N-ethyl adjacent to an activating group) is 1. The van der Waals surface area contributed by atoms with E-state index in [9.17, 15) is 4.79 Å². The van der Waals surface area contributed by atoms with Gasteiger partial charge in [0.15, 0.2) is 0 Å². The Hall–Kier alpha value is 0.534. The fourth-order valence-corrected chi connectivity index (χ4v) is 1.63. The molecule has 0 saturated carbocycles. The van der Waals surface area contributed by atoms with E-state index in [2.05, 4.69) is 4.90 Å². The van der Waals surface area contributed by atoms with Crippen LogP contribution < -0.4 is 0 Å². The van der Waals surface area contributed by atoms with Gasteiger partial charge >= 0.3 is 80.8 Å². The Bertz CT molecular complexity index is 140. The van der Waals surface area contributed by atoms with Crippen molar-refractivity contribution in [3.8, 4) is 0 Å². The predicted molar refractivity (Wildman–Crippen MR) is 32.4 cm³/mol. The van der Waals surface area contributed by atoms with Crippen LogP contribution in [0.25, 0.3) is 0 Å². The Balaban J connectivity index is 2.24. The van der Waals surface area contributed by atoms with E-state index in [4.69, 9.17) is 4.74 Å². The van der Waals surface area contributed by atoms with Crippen LogP contribution in [0, 0.1) is 0 Å². The van der Waals surface area contributed by atoms with Crippen LogP contribution in [-0.4, -0.2) is 33.9 Å². The summed E-state index contributed by atoms with van der Waals surface area (Å²) in [6.07, 6.45) is 1.18. The molecule has 0 radical (unpaired) electrons. The summed E-state index contributed by atoms with van der Waals surface area (Å²) < 4.78 is 5.02. The monoisotopic (exact) mass is 217 g/mol. The average Bonchev–Trinajstić information content (AvgIpc) is 2.13. The number of carbonyl (C=O) groups excluding carboxylic acids is 1. The summed E-state index contributed by atoms with van der Waals surface area (Å²) in [5.41, 5.74) is 0. The van der Waals surface area contributed by atoms with E-state index < -0.39 is 0 Å². The van der Waals surface area contributed by atoms with Crippen LogP contribution in [0.2, 0.25) is 0 Å². The molecule has 0 unspecified atom stereocenters. The first kappa shape index (κ1) is 8.63. The molecule has 1 aliphatic heterocycles. The summed E-state index contributed by atoms with van der Waals surface area (Å²) in [4.78, 5) is 12.7. The summed E-state index contributed by atoms with van der Waals surface area (Å²) in [5, 5.41) is 0. The van der Waals surface area contributed by atoms with Crippen LogP contribution in [-0.2, 0) is 35.7 Å². The van der Waals surface area contributed by atoms with E-state index in [1.165, 1.54) is 0 Å². The molecule has 0 aromatic heterocycles. The van der Waals surface area contributed by atoms with Crippen LogP contribution in [0.1, 0.15) is 6.42 Å². The molecule has 1 aliphatic rings. The van der Waals surface area contributed by atoms with Crippen LogP contribution >= 0.6 is 0 Å². The van der Waals surface area contributed by atoms with Gasteiger partial charge in [-0.15, -0.1) is 0 Å². The molecule has 1 rings (SSSR count). The molecule has 10 heavy (non-hydrogen) atoms. The van der Waals surface area contributed by atoms with Crippen molar-refractivity contribution in [1.29, 1.82) is 0 Å². The van der Waals surface area contributed by atoms with Crippen LogP contribution in [0.5, 0.6) is 0 Å². The van der Waals surface area contributed by atoms with E-state index in [1.807, 2.05) is 7.05 Å². The molecule has 0 aromatic carbocycles. The second-order valence-electron chi connectivity index (χ2n) is 2.61. The number of carbonyl (C=O) groups is 1. The minimum absolute atomic E-state index is 0.0364. The van der Waals surface area contributed by atoms with Gasteiger partial charge in [-0.05, 0) is 0 Å². The number of hydrogen-bond acceptors (Lipinski definition) is 3. The van der Waals surface area contributed by atoms with Gasteiger partial charge < -0.3 is 0 Å². The second kappa shape index (κ2) is 3.79. The maximum absolute atomic E-state index is 10.5. The average molecular weight is 217 g/mol. The van der Waals surface area contributed by atoms with Crippen LogP contribution in [0.4, 0.5) is 4.79 Å². The van der Waals surface area contributed by atoms with Gasteiger partial charge in [0.25, 0.3) is 0 Å². The molecule has 0 spiro atoms. The van der Waals surface area contributed by atoms with E-state index in [1.54, 1.807) is 0 Å². The molecular weight excluding hydrogens is 207 g/mol. The zero-order chi connectivity index (χ0) is 7.56. The van der Waals surface area contributed by atoms with Gasteiger partial charge in [-0.25, -0.2) is 0 Å². The summed E-state index contributed by atoms with van der Waals surface area (Å²) in [5.74, 6) is 0. The first-order valence-electron chi connectivity index (χ1n) is 3.33. The molecule has 1 saturated heterocycles. The molecular formula is C6H10NO2Y. The molecule has 0 aliphatic carbocycles. The number of nitrogens with zero attached hydrogens (tertiary/aromatic N) is 1. The molecule has 4 heteroatoms. The Kier molecular flexibility index (Phi) is 3.27. The topological polar surface area (TPSA) is 29.5 Å². The molecule has 54 valence electrons. The zero-order valence-electron chi connectivity index (χ0n) is 6.04. The summed E-state index contributed by atoms with van der Waals surface area (Å²) in [6, 6.07) is 0. The van der Waals surface area contributed by atoms with Crippen molar-refractivity contribution in [2.24, 2.45) is 0 Å². The van der Waals surface area contributed by atoms with Crippen molar-refractivity contribution >= 4 is 2.78 Å². The number of ether oxygens (including phenoxy) is 1. The summed E-state index contributed by atoms with van der Waals surface area (Å²) >= 11 is 0.578. The zero-order valence-corrected chi connectivity index (χ0v) is 8.88. The van der Waals surface area contributed by atoms with Gasteiger partial charge in [-0.3, -0.25) is 0 Å². The summed E-state index contributed by atoms with van der Waals surface area (Å²) in [7, 11) is 2.04. The van der Waals surface area contributed by atoms with Crippen molar-refractivity contribution in [2.75, 3.05) is 20.1 Å². The molecule has 3 nitrogen and oxygen atoms in total. The van der Waals surface area contributed by atoms with E-state index in [0.29, 0.717) is 31.0 Å². The SMILES string of the molecule is CN1CC[C@@H](O[C](=O)[Y])C1. The van der Waals surface area contributed by atoms with Crippen molar-refractivity contribution in [1.82, 2.24) is 4.90 Å². The van der Waals surface area contributed by atoms with Gasteiger partial charge in [0.2, 0.25) is 0 Å². The fourth-order valence-electron chi connectivity index (χ4n) is 1.16. The van der Waals surface area contributed by atoms with Crippen LogP contribution in [0.3, 0.4) is 0 Å². The first-order valence-corrected chi connectivity index (χ1v) is 4.75. The van der Waals surface area contributed by atoms with E-state index in [-0.39, 0.29) is 8.88 Å². The first-order chi connectivity index (χ1) is 4.68. The molecule has 1 atom stereocenters. The van der Waals surface area contributed by atoms with Gasteiger partial charge in [-0.2, -0.15) is 0 Å². The molecule has 1 fully saturated rings. The van der Waals surface area contributed by atoms with E-state index in [0.717, 1.165) is 19.5 Å². The number of hydrogen-bond donors (Lipinski definition) is 0. The standard InChI is InChI=1S/C6H10NO2.Y/c1-7-3-2-6(4-7)9-5-8;/h6H,2-4H2,1H3;/t6-;/m1./s1. The third kappa shape index (κ3) is 2.64. The van der Waals surface area contributed by atoms with Gasteiger partial charge in [0.1, 0.15) is 0 Å². The Labute approximate surface area is 80.5 Å².